The second-order valence-corrected chi connectivity index (χ2v) is 5.98. The van der Waals surface area contributed by atoms with Crippen LogP contribution in [0.25, 0.3) is 0 Å². The van der Waals surface area contributed by atoms with Gasteiger partial charge in [0.2, 0.25) is 5.78 Å². The van der Waals surface area contributed by atoms with Gasteiger partial charge in [0.1, 0.15) is 5.54 Å². The molecule has 1 aromatic carbocycles. The Morgan fingerprint density at radius 3 is 2.62 bits per heavy atom. The van der Waals surface area contributed by atoms with E-state index < -0.39 is 16.9 Å². The van der Waals surface area contributed by atoms with E-state index in [1.165, 1.54) is 0 Å². The predicted octanol–water partition coefficient (Wildman–Crippen LogP) is 2.66. The quantitative estimate of drug-likeness (QED) is 0.474. The molecule has 1 aliphatic heterocycles. The molecular weight excluding hydrogens is 306 g/mol. The van der Waals surface area contributed by atoms with E-state index in [1.54, 1.807) is 19.9 Å². The van der Waals surface area contributed by atoms with Gasteiger partial charge in [-0.2, -0.15) is 0 Å². The summed E-state index contributed by atoms with van der Waals surface area (Å²) in [5.41, 5.74) is -1.57. The number of hydrogen-bond donors (Lipinski definition) is 0. The molecule has 0 aromatic heterocycles. The first kappa shape index (κ1) is 16.4. The van der Waals surface area contributed by atoms with Gasteiger partial charge in [0.25, 0.3) is 5.90 Å². The predicted molar refractivity (Wildman–Crippen MR) is 89.6 cm³/mol. The van der Waals surface area contributed by atoms with E-state index in [0.29, 0.717) is 13.0 Å². The Morgan fingerprint density at radius 1 is 1.33 bits per heavy atom. The first-order valence-electron chi connectivity index (χ1n) is 8.21. The molecule has 2 aliphatic rings. The summed E-state index contributed by atoms with van der Waals surface area (Å²) < 4.78 is 10.7. The van der Waals surface area contributed by atoms with Gasteiger partial charge in [-0.1, -0.05) is 36.4 Å². The van der Waals surface area contributed by atoms with Crippen LogP contribution in [0.4, 0.5) is 0 Å². The molecule has 24 heavy (non-hydrogen) atoms. The first-order valence-corrected chi connectivity index (χ1v) is 8.21. The summed E-state index contributed by atoms with van der Waals surface area (Å²) in [5, 5.41) is 0. The van der Waals surface area contributed by atoms with Crippen molar-refractivity contribution in [3.05, 3.63) is 48.6 Å². The van der Waals surface area contributed by atoms with Crippen LogP contribution < -0.4 is 0 Å². The molecule has 5 nitrogen and oxygen atoms in total. The van der Waals surface area contributed by atoms with E-state index >= 15 is 0 Å². The largest absolute Gasteiger partial charge is 0.476 e. The lowest BCUT2D eigenvalue weighted by molar-refractivity contribution is -0.176. The number of carbonyl (C=O) groups is 2. The highest BCUT2D eigenvalue weighted by atomic mass is 16.5. The third-order valence-corrected chi connectivity index (χ3v) is 4.98. The third-order valence-electron chi connectivity index (χ3n) is 4.98. The molecule has 3 atom stereocenters. The van der Waals surface area contributed by atoms with Crippen molar-refractivity contribution in [2.24, 2.45) is 16.3 Å². The van der Waals surface area contributed by atoms with Gasteiger partial charge in [-0.15, -0.1) is 6.58 Å². The molecule has 0 N–H and O–H groups in total. The zero-order valence-corrected chi connectivity index (χ0v) is 14.0. The highest BCUT2D eigenvalue weighted by Gasteiger charge is 2.78. The molecule has 0 bridgehead atoms. The van der Waals surface area contributed by atoms with E-state index in [4.69, 9.17) is 9.47 Å². The summed E-state index contributed by atoms with van der Waals surface area (Å²) in [6, 6.07) is 9.40. The lowest BCUT2D eigenvalue weighted by atomic mass is 9.46. The zero-order valence-electron chi connectivity index (χ0n) is 14.0. The first-order chi connectivity index (χ1) is 11.6. The average molecular weight is 327 g/mol. The summed E-state index contributed by atoms with van der Waals surface area (Å²) in [6.45, 7) is 7.91. The minimum absolute atomic E-state index is 0.0127. The standard InChI is InChI=1S/C19H21NO4/c1-4-13-12-18(17(22)24-6-3)15(21)16(23-5-2)20-19(13,18)14-10-8-7-9-11-14/h4,7-11,13H,1,5-6,12H2,2-3H3/t13-,18-,19+/m1/s1. The van der Waals surface area contributed by atoms with Crippen molar-refractivity contribution in [3.63, 3.8) is 0 Å². The number of carbonyl (C=O) groups excluding carboxylic acids is 2. The fourth-order valence-corrected chi connectivity index (χ4v) is 3.95. The number of esters is 1. The van der Waals surface area contributed by atoms with Crippen LogP contribution in [-0.2, 0) is 24.6 Å². The number of aliphatic imine (C=N–C) groups is 1. The molecular formula is C19H21NO4. The van der Waals surface area contributed by atoms with Gasteiger partial charge in [-0.3, -0.25) is 9.59 Å². The average Bonchev–Trinajstić information content (AvgIpc) is 2.76. The molecule has 0 amide bonds. The van der Waals surface area contributed by atoms with Crippen molar-refractivity contribution < 1.29 is 19.1 Å². The van der Waals surface area contributed by atoms with Crippen molar-refractivity contribution in [2.45, 2.75) is 25.8 Å². The van der Waals surface area contributed by atoms with Gasteiger partial charge in [0.15, 0.2) is 5.41 Å². The molecule has 3 rings (SSSR count). The highest BCUT2D eigenvalue weighted by Crippen LogP contribution is 2.67. The molecule has 0 spiro atoms. The number of fused-ring (bicyclic) bond motifs is 1. The van der Waals surface area contributed by atoms with Crippen LogP contribution in [0.3, 0.4) is 0 Å². The van der Waals surface area contributed by atoms with Gasteiger partial charge in [0, 0.05) is 5.92 Å². The summed E-state index contributed by atoms with van der Waals surface area (Å²) in [5.74, 6) is -1.04. The van der Waals surface area contributed by atoms with Gasteiger partial charge >= 0.3 is 5.97 Å². The Labute approximate surface area is 141 Å². The number of ether oxygens (including phenoxy) is 2. The van der Waals surface area contributed by atoms with Crippen LogP contribution in [0.5, 0.6) is 0 Å². The Bertz CT molecular complexity index is 711. The fourth-order valence-electron chi connectivity index (χ4n) is 3.95. The topological polar surface area (TPSA) is 65.0 Å². The van der Waals surface area contributed by atoms with Gasteiger partial charge in [0.05, 0.1) is 13.2 Å². The molecule has 5 heteroatoms. The summed E-state index contributed by atoms with van der Waals surface area (Å²) in [6.07, 6.45) is 2.10. The van der Waals surface area contributed by atoms with Gasteiger partial charge in [-0.05, 0) is 25.8 Å². The molecule has 126 valence electrons. The van der Waals surface area contributed by atoms with Crippen molar-refractivity contribution in [1.29, 1.82) is 0 Å². The smallest absolute Gasteiger partial charge is 0.323 e. The maximum absolute atomic E-state index is 13.0. The minimum Gasteiger partial charge on any atom is -0.476 e. The molecule has 1 saturated carbocycles. The summed E-state index contributed by atoms with van der Waals surface area (Å²) in [7, 11) is 0. The van der Waals surface area contributed by atoms with Gasteiger partial charge < -0.3 is 9.47 Å². The summed E-state index contributed by atoms with van der Waals surface area (Å²) >= 11 is 0. The van der Waals surface area contributed by atoms with Crippen molar-refractivity contribution >= 4 is 17.7 Å². The molecule has 0 saturated heterocycles. The van der Waals surface area contributed by atoms with E-state index in [-0.39, 0.29) is 24.2 Å². The maximum Gasteiger partial charge on any atom is 0.323 e. The molecule has 1 heterocycles. The van der Waals surface area contributed by atoms with E-state index in [9.17, 15) is 9.59 Å². The molecule has 1 aromatic rings. The number of hydrogen-bond acceptors (Lipinski definition) is 5. The number of Topliss-reactive ketones (excluding diaryl/α,β-unsaturated/α-hetero) is 1. The fraction of sp³-hybridized carbons (Fsp3) is 0.421. The van der Waals surface area contributed by atoms with Crippen molar-refractivity contribution in [1.82, 2.24) is 0 Å². The van der Waals surface area contributed by atoms with E-state index in [2.05, 4.69) is 11.6 Å². The van der Waals surface area contributed by atoms with Crippen LogP contribution in [0.1, 0.15) is 25.8 Å². The summed E-state index contributed by atoms with van der Waals surface area (Å²) in [4.78, 5) is 30.5. The Morgan fingerprint density at radius 2 is 2.04 bits per heavy atom. The third kappa shape index (κ3) is 1.84. The Kier molecular flexibility index (Phi) is 4.03. The molecule has 1 aliphatic carbocycles. The Hall–Kier alpha value is -2.43. The lowest BCUT2D eigenvalue weighted by Crippen LogP contribution is -2.65. The lowest BCUT2D eigenvalue weighted by Gasteiger charge is -2.54. The SMILES string of the molecule is C=C[C@@H]1C[C@]2(C(=O)OCC)C(=O)C(OCC)=N[C@]12c1ccccc1. The minimum atomic E-state index is -1.35. The molecule has 0 radical (unpaired) electrons. The van der Waals surface area contributed by atoms with E-state index in [1.807, 2.05) is 30.3 Å². The molecule has 0 unspecified atom stereocenters. The molecule has 1 fully saturated rings. The highest BCUT2D eigenvalue weighted by molar-refractivity contribution is 6.45. The van der Waals surface area contributed by atoms with Crippen LogP contribution in [0, 0.1) is 11.3 Å². The van der Waals surface area contributed by atoms with Crippen LogP contribution in [-0.4, -0.2) is 30.9 Å². The maximum atomic E-state index is 13.0. The zero-order chi connectivity index (χ0) is 17.4. The second kappa shape index (κ2) is 5.89. The number of ketones is 1. The number of rotatable bonds is 5. The number of nitrogens with zero attached hydrogens (tertiary/aromatic N) is 1. The van der Waals surface area contributed by atoms with Crippen molar-refractivity contribution in [2.75, 3.05) is 13.2 Å². The Balaban J connectivity index is 2.22. The van der Waals surface area contributed by atoms with Gasteiger partial charge in [-0.25, -0.2) is 4.99 Å². The van der Waals surface area contributed by atoms with Crippen molar-refractivity contribution in [3.8, 4) is 0 Å². The number of benzene rings is 1. The normalized spacial score (nSPS) is 30.8. The van der Waals surface area contributed by atoms with Crippen LogP contribution >= 0.6 is 0 Å². The van der Waals surface area contributed by atoms with Crippen LogP contribution in [0.2, 0.25) is 0 Å². The second-order valence-electron chi connectivity index (χ2n) is 5.98. The monoisotopic (exact) mass is 327 g/mol. The van der Waals surface area contributed by atoms with Crippen LogP contribution in [0.15, 0.2) is 48.0 Å². The van der Waals surface area contributed by atoms with E-state index in [0.717, 1.165) is 5.56 Å².